The Kier molecular flexibility index (Phi) is 8.48. The normalized spacial score (nSPS) is 11.4. The standard InChI is InChI=1S/C15H26BrN3OS/c1-17(2)7-5-9-19(10-6-8-18(3)4)15(20)13-11-14(16)21-12-13/h11-12H,5-10H2,1-4H3. The lowest BCUT2D eigenvalue weighted by Gasteiger charge is -2.24. The third-order valence-corrected chi connectivity index (χ3v) is 4.67. The van der Waals surface area contributed by atoms with E-state index in [-0.39, 0.29) is 5.91 Å². The summed E-state index contributed by atoms with van der Waals surface area (Å²) < 4.78 is 1.01. The molecular weight excluding hydrogens is 350 g/mol. The van der Waals surface area contributed by atoms with Crippen LogP contribution in [0, 0.1) is 0 Å². The van der Waals surface area contributed by atoms with Gasteiger partial charge in [-0.05, 0) is 76.1 Å². The Bertz CT molecular complexity index is 420. The summed E-state index contributed by atoms with van der Waals surface area (Å²) in [4.78, 5) is 18.9. The van der Waals surface area contributed by atoms with Crippen LogP contribution in [-0.2, 0) is 0 Å². The predicted molar refractivity (Wildman–Crippen MR) is 94.3 cm³/mol. The SMILES string of the molecule is CN(C)CCCN(CCCN(C)C)C(=O)c1csc(Br)c1. The van der Waals surface area contributed by atoms with Gasteiger partial charge in [-0.1, -0.05) is 0 Å². The predicted octanol–water partition coefficient (Wildman–Crippen LogP) is 2.86. The van der Waals surface area contributed by atoms with Gasteiger partial charge in [0.15, 0.2) is 0 Å². The molecule has 0 bridgehead atoms. The van der Waals surface area contributed by atoms with Crippen LogP contribution < -0.4 is 0 Å². The van der Waals surface area contributed by atoms with Crippen molar-refractivity contribution in [1.29, 1.82) is 0 Å². The maximum atomic E-state index is 12.6. The Morgan fingerprint density at radius 3 is 1.95 bits per heavy atom. The van der Waals surface area contributed by atoms with Gasteiger partial charge in [-0.2, -0.15) is 0 Å². The molecule has 1 heterocycles. The molecule has 1 aromatic rings. The van der Waals surface area contributed by atoms with Gasteiger partial charge in [0.1, 0.15) is 0 Å². The second-order valence-electron chi connectivity index (χ2n) is 5.75. The van der Waals surface area contributed by atoms with E-state index in [2.05, 4.69) is 53.9 Å². The molecular formula is C15H26BrN3OS. The molecule has 1 rings (SSSR count). The Hall–Kier alpha value is -0.430. The maximum absolute atomic E-state index is 12.6. The lowest BCUT2D eigenvalue weighted by Crippen LogP contribution is -2.35. The van der Waals surface area contributed by atoms with E-state index in [1.165, 1.54) is 0 Å². The number of halogens is 1. The van der Waals surface area contributed by atoms with Crippen LogP contribution in [0.25, 0.3) is 0 Å². The van der Waals surface area contributed by atoms with Crippen LogP contribution in [0.5, 0.6) is 0 Å². The molecule has 4 nitrogen and oxygen atoms in total. The largest absolute Gasteiger partial charge is 0.339 e. The highest BCUT2D eigenvalue weighted by Gasteiger charge is 2.16. The van der Waals surface area contributed by atoms with Gasteiger partial charge in [-0.15, -0.1) is 11.3 Å². The summed E-state index contributed by atoms with van der Waals surface area (Å²) in [5.74, 6) is 0.148. The van der Waals surface area contributed by atoms with Gasteiger partial charge in [-0.3, -0.25) is 4.79 Å². The fourth-order valence-electron chi connectivity index (χ4n) is 2.08. The molecule has 0 unspecified atom stereocenters. The highest BCUT2D eigenvalue weighted by atomic mass is 79.9. The molecule has 0 aliphatic rings. The van der Waals surface area contributed by atoms with Crippen molar-refractivity contribution in [3.05, 3.63) is 20.8 Å². The van der Waals surface area contributed by atoms with Crippen LogP contribution in [0.2, 0.25) is 0 Å². The summed E-state index contributed by atoms with van der Waals surface area (Å²) in [7, 11) is 8.25. The van der Waals surface area contributed by atoms with Crippen molar-refractivity contribution in [2.24, 2.45) is 0 Å². The minimum absolute atomic E-state index is 0.148. The number of carbonyl (C=O) groups is 1. The van der Waals surface area contributed by atoms with Gasteiger partial charge in [0.2, 0.25) is 0 Å². The van der Waals surface area contributed by atoms with Crippen LogP contribution in [0.3, 0.4) is 0 Å². The minimum Gasteiger partial charge on any atom is -0.339 e. The first-order valence-electron chi connectivity index (χ1n) is 7.23. The summed E-state index contributed by atoms with van der Waals surface area (Å²) in [6.45, 7) is 3.64. The van der Waals surface area contributed by atoms with Gasteiger partial charge in [0.05, 0.1) is 9.35 Å². The third kappa shape index (κ3) is 7.40. The Morgan fingerprint density at radius 1 is 1.05 bits per heavy atom. The van der Waals surface area contributed by atoms with E-state index in [1.54, 1.807) is 11.3 Å². The first kappa shape index (κ1) is 18.6. The zero-order chi connectivity index (χ0) is 15.8. The average molecular weight is 376 g/mol. The van der Waals surface area contributed by atoms with Crippen LogP contribution >= 0.6 is 27.3 Å². The van der Waals surface area contributed by atoms with Crippen molar-refractivity contribution in [2.75, 3.05) is 54.4 Å². The monoisotopic (exact) mass is 375 g/mol. The number of hydrogen-bond acceptors (Lipinski definition) is 4. The van der Waals surface area contributed by atoms with Crippen molar-refractivity contribution < 1.29 is 4.79 Å². The molecule has 0 radical (unpaired) electrons. The molecule has 0 saturated heterocycles. The van der Waals surface area contributed by atoms with E-state index in [4.69, 9.17) is 0 Å². The molecule has 0 aliphatic carbocycles. The lowest BCUT2D eigenvalue weighted by molar-refractivity contribution is 0.0745. The quantitative estimate of drug-likeness (QED) is 0.663. The van der Waals surface area contributed by atoms with Gasteiger partial charge in [-0.25, -0.2) is 0 Å². The molecule has 120 valence electrons. The number of nitrogens with zero attached hydrogens (tertiary/aromatic N) is 3. The molecule has 1 amide bonds. The van der Waals surface area contributed by atoms with Crippen molar-refractivity contribution >= 4 is 33.2 Å². The number of amides is 1. The fraction of sp³-hybridized carbons (Fsp3) is 0.667. The number of carbonyl (C=O) groups excluding carboxylic acids is 1. The summed E-state index contributed by atoms with van der Waals surface area (Å²) in [6.07, 6.45) is 2.01. The minimum atomic E-state index is 0.148. The molecule has 0 saturated carbocycles. The fourth-order valence-corrected chi connectivity index (χ4v) is 3.21. The summed E-state index contributed by atoms with van der Waals surface area (Å²) >= 11 is 4.99. The van der Waals surface area contributed by atoms with E-state index in [0.717, 1.165) is 48.4 Å². The number of hydrogen-bond donors (Lipinski definition) is 0. The average Bonchev–Trinajstić information content (AvgIpc) is 2.82. The highest BCUT2D eigenvalue weighted by molar-refractivity contribution is 9.11. The Morgan fingerprint density at radius 2 is 1.57 bits per heavy atom. The zero-order valence-electron chi connectivity index (χ0n) is 13.4. The Labute approximate surface area is 140 Å². The van der Waals surface area contributed by atoms with Crippen LogP contribution in [0.1, 0.15) is 23.2 Å². The van der Waals surface area contributed by atoms with E-state index < -0.39 is 0 Å². The Balaban J connectivity index is 2.59. The van der Waals surface area contributed by atoms with Crippen LogP contribution in [0.4, 0.5) is 0 Å². The first-order chi connectivity index (χ1) is 9.90. The van der Waals surface area contributed by atoms with E-state index >= 15 is 0 Å². The van der Waals surface area contributed by atoms with Crippen molar-refractivity contribution in [3.63, 3.8) is 0 Å². The maximum Gasteiger partial charge on any atom is 0.254 e. The van der Waals surface area contributed by atoms with E-state index in [9.17, 15) is 4.79 Å². The number of rotatable bonds is 9. The van der Waals surface area contributed by atoms with E-state index in [1.807, 2.05) is 16.3 Å². The van der Waals surface area contributed by atoms with Gasteiger partial charge < -0.3 is 14.7 Å². The van der Waals surface area contributed by atoms with Crippen molar-refractivity contribution in [3.8, 4) is 0 Å². The molecule has 0 aliphatic heterocycles. The molecule has 0 fully saturated rings. The summed E-state index contributed by atoms with van der Waals surface area (Å²) in [5, 5.41) is 1.93. The van der Waals surface area contributed by atoms with Gasteiger partial charge >= 0.3 is 0 Å². The number of thiophene rings is 1. The van der Waals surface area contributed by atoms with Crippen molar-refractivity contribution in [2.45, 2.75) is 12.8 Å². The van der Waals surface area contributed by atoms with E-state index in [0.29, 0.717) is 0 Å². The molecule has 21 heavy (non-hydrogen) atoms. The second-order valence-corrected chi connectivity index (χ2v) is 8.04. The van der Waals surface area contributed by atoms with Gasteiger partial charge in [0.25, 0.3) is 5.91 Å². The first-order valence-corrected chi connectivity index (χ1v) is 8.90. The molecule has 6 heteroatoms. The van der Waals surface area contributed by atoms with Gasteiger partial charge in [0, 0.05) is 18.5 Å². The summed E-state index contributed by atoms with van der Waals surface area (Å²) in [6, 6.07) is 1.91. The zero-order valence-corrected chi connectivity index (χ0v) is 15.8. The topological polar surface area (TPSA) is 26.8 Å². The third-order valence-electron chi connectivity index (χ3n) is 3.17. The molecule has 0 spiro atoms. The smallest absolute Gasteiger partial charge is 0.254 e. The van der Waals surface area contributed by atoms with Crippen LogP contribution in [-0.4, -0.2) is 75.0 Å². The highest BCUT2D eigenvalue weighted by Crippen LogP contribution is 2.22. The lowest BCUT2D eigenvalue weighted by atomic mass is 10.2. The summed E-state index contributed by atoms with van der Waals surface area (Å²) in [5.41, 5.74) is 0.793. The molecule has 0 atom stereocenters. The molecule has 0 N–H and O–H groups in total. The van der Waals surface area contributed by atoms with Crippen LogP contribution in [0.15, 0.2) is 15.2 Å². The molecule has 0 aromatic carbocycles. The second kappa shape index (κ2) is 9.56. The van der Waals surface area contributed by atoms with Crippen molar-refractivity contribution in [1.82, 2.24) is 14.7 Å². The molecule has 1 aromatic heterocycles.